The highest BCUT2D eigenvalue weighted by atomic mass is 35.5. The summed E-state index contributed by atoms with van der Waals surface area (Å²) in [5, 5.41) is 14.7. The normalized spacial score (nSPS) is 14.2. The van der Waals surface area contributed by atoms with Crippen molar-refractivity contribution in [3.63, 3.8) is 0 Å². The van der Waals surface area contributed by atoms with Gasteiger partial charge in [-0.15, -0.1) is 16.4 Å². The summed E-state index contributed by atoms with van der Waals surface area (Å²) in [7, 11) is 1.36. The van der Waals surface area contributed by atoms with Crippen LogP contribution in [0.25, 0.3) is 5.69 Å². The largest absolute Gasteiger partial charge is 0.487 e. The molecule has 4 heterocycles. The Bertz CT molecular complexity index is 1290. The van der Waals surface area contributed by atoms with E-state index in [1.54, 1.807) is 34.6 Å². The topological polar surface area (TPSA) is 108 Å². The highest BCUT2D eigenvalue weighted by Gasteiger charge is 2.27. The summed E-state index contributed by atoms with van der Waals surface area (Å²) in [4.78, 5) is 23.5. The number of piperidine rings is 1. The molecule has 0 unspecified atom stereocenters. The maximum Gasteiger partial charge on any atom is 0.341 e. The zero-order valence-corrected chi connectivity index (χ0v) is 20.4. The van der Waals surface area contributed by atoms with Crippen LogP contribution in [0.4, 0.5) is 5.82 Å². The number of methoxy groups -OCH3 is 1. The quantitative estimate of drug-likeness (QED) is 0.341. The number of tetrazole rings is 1. The van der Waals surface area contributed by atoms with E-state index in [0.29, 0.717) is 28.9 Å². The lowest BCUT2D eigenvalue weighted by Crippen LogP contribution is -2.34. The highest BCUT2D eigenvalue weighted by Crippen LogP contribution is 2.33. The monoisotopic (exact) mass is 511 g/mol. The van der Waals surface area contributed by atoms with Gasteiger partial charge in [0.25, 0.3) is 0 Å². The average molecular weight is 512 g/mol. The number of aromatic nitrogens is 6. The molecule has 1 aliphatic heterocycles. The molecule has 0 saturated carbocycles. The van der Waals surface area contributed by atoms with Crippen LogP contribution < -0.4 is 9.64 Å². The molecular weight excluding hydrogens is 490 g/mol. The number of halogens is 1. The van der Waals surface area contributed by atoms with E-state index >= 15 is 0 Å². The van der Waals surface area contributed by atoms with Crippen LogP contribution in [0, 0.1) is 0 Å². The van der Waals surface area contributed by atoms with Gasteiger partial charge in [0.05, 0.1) is 28.5 Å². The molecule has 0 radical (unpaired) electrons. The van der Waals surface area contributed by atoms with Crippen LogP contribution in [0.3, 0.4) is 0 Å². The first-order chi connectivity index (χ1) is 17.1. The van der Waals surface area contributed by atoms with Crippen molar-refractivity contribution in [2.75, 3.05) is 25.1 Å². The number of benzene rings is 1. The van der Waals surface area contributed by atoms with Gasteiger partial charge < -0.3 is 14.4 Å². The molecule has 1 aliphatic rings. The molecule has 0 amide bonds. The van der Waals surface area contributed by atoms with E-state index in [0.717, 1.165) is 48.1 Å². The van der Waals surface area contributed by atoms with Crippen molar-refractivity contribution in [1.82, 2.24) is 30.2 Å². The minimum absolute atomic E-state index is 0.356. The van der Waals surface area contributed by atoms with Crippen LogP contribution in [-0.2, 0) is 11.3 Å². The molecule has 35 heavy (non-hydrogen) atoms. The second-order valence-electron chi connectivity index (χ2n) is 7.99. The van der Waals surface area contributed by atoms with E-state index in [-0.39, 0.29) is 0 Å². The Kier molecular flexibility index (Phi) is 6.87. The van der Waals surface area contributed by atoms with Gasteiger partial charge in [0.15, 0.2) is 0 Å². The van der Waals surface area contributed by atoms with Crippen molar-refractivity contribution >= 4 is 34.7 Å². The van der Waals surface area contributed by atoms with Crippen molar-refractivity contribution < 1.29 is 14.3 Å². The molecule has 4 aromatic rings. The minimum Gasteiger partial charge on any atom is -0.487 e. The zero-order chi connectivity index (χ0) is 24.2. The summed E-state index contributed by atoms with van der Waals surface area (Å²) >= 11 is 7.70. The SMILES string of the molecule is COC(=O)c1cc(Cl)cnc1N1CCC(c2nc(COc3ccc(-n4cnnn4)cc3)cs2)CC1. The Hall–Kier alpha value is -3.57. The predicted octanol–water partition coefficient (Wildman–Crippen LogP) is 3.92. The number of carbonyl (C=O) groups excluding carboxylic acids is 1. The third-order valence-corrected chi connectivity index (χ3v) is 7.05. The van der Waals surface area contributed by atoms with E-state index < -0.39 is 5.97 Å². The standard InChI is InChI=1S/C23H22ClN7O3S/c1-33-23(32)20-10-16(24)11-25-21(20)30-8-6-15(7-9-30)22-27-17(13-35-22)12-34-19-4-2-18(3-5-19)31-14-26-28-29-31/h2-5,10-11,13-15H,6-9,12H2,1H3. The maximum absolute atomic E-state index is 12.2. The van der Waals surface area contributed by atoms with Crippen molar-refractivity contribution in [2.45, 2.75) is 25.4 Å². The number of nitrogens with zero attached hydrogens (tertiary/aromatic N) is 7. The fourth-order valence-corrected chi connectivity index (χ4v) is 5.12. The van der Waals surface area contributed by atoms with Gasteiger partial charge in [-0.25, -0.2) is 19.4 Å². The Morgan fingerprint density at radius 2 is 2.03 bits per heavy atom. The molecule has 0 aliphatic carbocycles. The van der Waals surface area contributed by atoms with Gasteiger partial charge in [-0.1, -0.05) is 11.6 Å². The van der Waals surface area contributed by atoms with Gasteiger partial charge in [0, 0.05) is 30.6 Å². The van der Waals surface area contributed by atoms with E-state index in [1.807, 2.05) is 29.6 Å². The first-order valence-corrected chi connectivity index (χ1v) is 12.3. The second-order valence-corrected chi connectivity index (χ2v) is 9.32. The number of ether oxygens (including phenoxy) is 2. The van der Waals surface area contributed by atoms with Crippen molar-refractivity contribution in [3.8, 4) is 11.4 Å². The van der Waals surface area contributed by atoms with E-state index in [9.17, 15) is 4.79 Å². The minimum atomic E-state index is -0.438. The number of hydrogen-bond acceptors (Lipinski definition) is 10. The van der Waals surface area contributed by atoms with Crippen LogP contribution in [0.2, 0.25) is 5.02 Å². The Morgan fingerprint density at radius 1 is 1.23 bits per heavy atom. The lowest BCUT2D eigenvalue weighted by Gasteiger charge is -2.32. The number of esters is 1. The molecule has 3 aromatic heterocycles. The van der Waals surface area contributed by atoms with Crippen LogP contribution in [-0.4, -0.2) is 56.3 Å². The predicted molar refractivity (Wildman–Crippen MR) is 130 cm³/mol. The Balaban J connectivity index is 1.17. The molecule has 0 atom stereocenters. The van der Waals surface area contributed by atoms with Crippen LogP contribution >= 0.6 is 22.9 Å². The molecule has 10 nitrogen and oxygen atoms in total. The van der Waals surface area contributed by atoms with Crippen molar-refractivity contribution in [3.05, 3.63) is 69.5 Å². The number of carbonyl (C=O) groups is 1. The smallest absolute Gasteiger partial charge is 0.341 e. The highest BCUT2D eigenvalue weighted by molar-refractivity contribution is 7.09. The molecule has 0 bridgehead atoms. The van der Waals surface area contributed by atoms with Crippen LogP contribution in [0.1, 0.15) is 39.8 Å². The summed E-state index contributed by atoms with van der Waals surface area (Å²) in [6.45, 7) is 1.93. The lowest BCUT2D eigenvalue weighted by atomic mass is 9.97. The second kappa shape index (κ2) is 10.4. The summed E-state index contributed by atoms with van der Waals surface area (Å²) in [6, 6.07) is 9.16. The molecule has 1 fully saturated rings. The number of rotatable bonds is 7. The van der Waals surface area contributed by atoms with Crippen LogP contribution in [0.15, 0.2) is 48.2 Å². The van der Waals surface area contributed by atoms with Gasteiger partial charge >= 0.3 is 5.97 Å². The third-order valence-electron chi connectivity index (χ3n) is 5.79. The molecule has 1 saturated heterocycles. The number of hydrogen-bond donors (Lipinski definition) is 0. The summed E-state index contributed by atoms with van der Waals surface area (Å²) in [5.41, 5.74) is 2.15. The molecule has 0 spiro atoms. The lowest BCUT2D eigenvalue weighted by molar-refractivity contribution is 0.0601. The fraction of sp³-hybridized carbons (Fsp3) is 0.304. The van der Waals surface area contributed by atoms with E-state index in [1.165, 1.54) is 7.11 Å². The third kappa shape index (κ3) is 5.25. The number of thiazole rings is 1. The molecule has 1 aromatic carbocycles. The van der Waals surface area contributed by atoms with Crippen molar-refractivity contribution in [1.29, 1.82) is 0 Å². The maximum atomic E-state index is 12.2. The van der Waals surface area contributed by atoms with Gasteiger partial charge in [-0.2, -0.15) is 0 Å². The number of pyridine rings is 1. The molecule has 12 heteroatoms. The average Bonchev–Trinajstić information content (AvgIpc) is 3.60. The van der Waals surface area contributed by atoms with Gasteiger partial charge in [0.1, 0.15) is 30.1 Å². The summed E-state index contributed by atoms with van der Waals surface area (Å²) in [5.74, 6) is 1.28. The van der Waals surface area contributed by atoms with E-state index in [4.69, 9.17) is 26.1 Å². The summed E-state index contributed by atoms with van der Waals surface area (Å²) in [6.07, 6.45) is 4.93. The summed E-state index contributed by atoms with van der Waals surface area (Å²) < 4.78 is 12.4. The Morgan fingerprint density at radius 3 is 2.74 bits per heavy atom. The van der Waals surface area contributed by atoms with E-state index in [2.05, 4.69) is 25.4 Å². The van der Waals surface area contributed by atoms with Gasteiger partial charge in [-0.05, 0) is 53.6 Å². The zero-order valence-electron chi connectivity index (χ0n) is 18.9. The molecule has 5 rings (SSSR count). The first kappa shape index (κ1) is 23.2. The van der Waals surface area contributed by atoms with Crippen molar-refractivity contribution in [2.24, 2.45) is 0 Å². The van der Waals surface area contributed by atoms with Gasteiger partial charge in [0.2, 0.25) is 0 Å². The molecular formula is C23H22ClN7O3S. The first-order valence-electron chi connectivity index (χ1n) is 11.0. The fourth-order valence-electron chi connectivity index (χ4n) is 3.99. The molecule has 180 valence electrons. The van der Waals surface area contributed by atoms with Crippen LogP contribution in [0.5, 0.6) is 5.75 Å². The van der Waals surface area contributed by atoms with Gasteiger partial charge in [-0.3, -0.25) is 0 Å². The molecule has 0 N–H and O–H groups in total. The number of anilines is 1. The Labute approximate surface area is 210 Å².